The fraction of sp³-hybridized carbons (Fsp3) is 0.350. The van der Waals surface area contributed by atoms with E-state index in [2.05, 4.69) is 20.1 Å². The minimum Gasteiger partial charge on any atom is -0.465 e. The van der Waals surface area contributed by atoms with Crippen LogP contribution in [-0.2, 0) is 0 Å². The summed E-state index contributed by atoms with van der Waals surface area (Å²) in [6, 6.07) is 5.18. The van der Waals surface area contributed by atoms with Crippen molar-refractivity contribution < 1.29 is 9.90 Å². The molecule has 0 atom stereocenters. The van der Waals surface area contributed by atoms with Gasteiger partial charge in [-0.3, -0.25) is 19.8 Å². The van der Waals surface area contributed by atoms with Crippen molar-refractivity contribution in [1.29, 1.82) is 0 Å². The Morgan fingerprint density at radius 3 is 2.63 bits per heavy atom. The van der Waals surface area contributed by atoms with Crippen LogP contribution in [0.1, 0.15) is 20.8 Å². The van der Waals surface area contributed by atoms with Gasteiger partial charge in [-0.15, -0.1) is 0 Å². The van der Waals surface area contributed by atoms with Crippen molar-refractivity contribution in [3.05, 3.63) is 53.5 Å². The second kappa shape index (κ2) is 7.29. The molecule has 10 heteroatoms. The molecule has 0 bridgehead atoms. The predicted molar refractivity (Wildman–Crippen MR) is 111 cm³/mol. The lowest BCUT2D eigenvalue weighted by atomic mass is 9.99. The minimum absolute atomic E-state index is 0.119. The second-order valence-corrected chi connectivity index (χ2v) is 8.19. The lowest BCUT2D eigenvalue weighted by Crippen LogP contribution is -2.65. The summed E-state index contributed by atoms with van der Waals surface area (Å²) in [4.78, 5) is 40.5. The molecule has 1 aliphatic heterocycles. The van der Waals surface area contributed by atoms with Crippen molar-refractivity contribution in [2.24, 2.45) is 0 Å². The van der Waals surface area contributed by atoms with Gasteiger partial charge in [0.25, 0.3) is 5.56 Å². The molecule has 4 heterocycles. The molecule has 4 rings (SSSR count). The summed E-state index contributed by atoms with van der Waals surface area (Å²) in [5.41, 5.74) is 0.487. The van der Waals surface area contributed by atoms with Gasteiger partial charge < -0.3 is 10.0 Å². The maximum atomic E-state index is 12.8. The highest BCUT2D eigenvalue weighted by Gasteiger charge is 2.40. The van der Waals surface area contributed by atoms with E-state index in [1.807, 2.05) is 31.7 Å². The van der Waals surface area contributed by atoms with Crippen molar-refractivity contribution in [2.45, 2.75) is 32.4 Å². The van der Waals surface area contributed by atoms with Crippen LogP contribution in [0.2, 0.25) is 0 Å². The summed E-state index contributed by atoms with van der Waals surface area (Å²) in [5, 5.41) is 12.5. The van der Waals surface area contributed by atoms with E-state index in [0.29, 0.717) is 35.9 Å². The Morgan fingerprint density at radius 2 is 2.00 bits per heavy atom. The lowest BCUT2D eigenvalue weighted by Gasteiger charge is -2.49. The number of nitrogens with zero attached hydrogens (tertiary/aromatic N) is 6. The third kappa shape index (κ3) is 3.51. The first-order chi connectivity index (χ1) is 14.3. The number of aromatic amines is 1. The van der Waals surface area contributed by atoms with E-state index in [9.17, 15) is 14.7 Å². The first-order valence-electron chi connectivity index (χ1n) is 9.56. The standard InChI is InChI=1S/C20H23N7O3/c1-20(2,3)26(19(29)30)14-10-25(11-14)16-7-17(23-12-22-16)27-18(28)15(9-24-27)13-5-4-6-21-8-13/h4-9,12,14,24H,10-11H2,1-3H3,(H,29,30). The summed E-state index contributed by atoms with van der Waals surface area (Å²) < 4.78 is 1.35. The Labute approximate surface area is 172 Å². The molecule has 1 amide bonds. The topological polar surface area (TPSA) is 120 Å². The van der Waals surface area contributed by atoms with Crippen LogP contribution < -0.4 is 10.5 Å². The molecule has 30 heavy (non-hydrogen) atoms. The third-order valence-electron chi connectivity index (χ3n) is 5.09. The van der Waals surface area contributed by atoms with Crippen molar-refractivity contribution >= 4 is 11.9 Å². The molecule has 0 aromatic carbocycles. The maximum Gasteiger partial charge on any atom is 0.408 e. The Kier molecular flexibility index (Phi) is 4.76. The van der Waals surface area contributed by atoms with Gasteiger partial charge in [0.15, 0.2) is 5.82 Å². The number of hydrogen-bond acceptors (Lipinski definition) is 6. The summed E-state index contributed by atoms with van der Waals surface area (Å²) >= 11 is 0. The molecular formula is C20H23N7O3. The molecule has 1 aliphatic rings. The highest BCUT2D eigenvalue weighted by molar-refractivity contribution is 5.67. The zero-order valence-electron chi connectivity index (χ0n) is 17.0. The molecule has 156 valence electrons. The third-order valence-corrected chi connectivity index (χ3v) is 5.09. The van der Waals surface area contributed by atoms with Gasteiger partial charge in [0.2, 0.25) is 0 Å². The van der Waals surface area contributed by atoms with E-state index >= 15 is 0 Å². The van der Waals surface area contributed by atoms with Gasteiger partial charge in [-0.25, -0.2) is 19.4 Å². The molecule has 1 fully saturated rings. The Morgan fingerprint density at radius 1 is 1.27 bits per heavy atom. The van der Waals surface area contributed by atoms with Gasteiger partial charge in [0.05, 0.1) is 11.6 Å². The molecule has 2 N–H and O–H groups in total. The molecule has 3 aromatic rings. The van der Waals surface area contributed by atoms with Crippen LogP contribution in [0.15, 0.2) is 47.9 Å². The molecule has 0 radical (unpaired) electrons. The number of nitrogens with one attached hydrogen (secondary N) is 1. The van der Waals surface area contributed by atoms with Gasteiger partial charge >= 0.3 is 6.09 Å². The summed E-state index contributed by atoms with van der Waals surface area (Å²) in [5.74, 6) is 1.05. The molecule has 0 spiro atoms. The summed E-state index contributed by atoms with van der Waals surface area (Å²) in [7, 11) is 0. The van der Waals surface area contributed by atoms with Crippen LogP contribution in [-0.4, -0.2) is 65.5 Å². The number of carboxylic acid groups (broad SMARTS) is 1. The smallest absolute Gasteiger partial charge is 0.408 e. The van der Waals surface area contributed by atoms with Crippen LogP contribution in [0.3, 0.4) is 0 Å². The van der Waals surface area contributed by atoms with Gasteiger partial charge in [-0.2, -0.15) is 0 Å². The first-order valence-corrected chi connectivity index (χ1v) is 9.56. The average molecular weight is 409 g/mol. The van der Waals surface area contributed by atoms with Gasteiger partial charge in [0, 0.05) is 48.8 Å². The molecule has 10 nitrogen and oxygen atoms in total. The molecule has 3 aromatic heterocycles. The normalized spacial score (nSPS) is 14.4. The highest BCUT2D eigenvalue weighted by atomic mass is 16.4. The van der Waals surface area contributed by atoms with Crippen molar-refractivity contribution in [3.8, 4) is 16.9 Å². The SMILES string of the molecule is CC(C)(C)N(C(=O)O)C1CN(c2cc(-n3[nH]cc(-c4cccnc4)c3=O)ncn2)C1. The molecule has 0 aliphatic carbocycles. The van der Waals surface area contributed by atoms with Crippen LogP contribution in [0, 0.1) is 0 Å². The Balaban J connectivity index is 1.55. The monoisotopic (exact) mass is 409 g/mol. The fourth-order valence-corrected chi connectivity index (χ4v) is 3.70. The molecule has 0 saturated carbocycles. The average Bonchev–Trinajstić information content (AvgIpc) is 3.05. The Hall–Kier alpha value is -3.69. The first kappa shape index (κ1) is 19.6. The molecule has 1 saturated heterocycles. The number of anilines is 1. The van der Waals surface area contributed by atoms with E-state index in [1.54, 1.807) is 30.7 Å². The number of rotatable bonds is 4. The summed E-state index contributed by atoms with van der Waals surface area (Å²) in [6.07, 6.45) is 5.36. The van der Waals surface area contributed by atoms with Crippen molar-refractivity contribution in [2.75, 3.05) is 18.0 Å². The number of hydrogen-bond donors (Lipinski definition) is 2. The van der Waals surface area contributed by atoms with Gasteiger partial charge in [-0.1, -0.05) is 6.07 Å². The van der Waals surface area contributed by atoms with Crippen LogP contribution in [0.4, 0.5) is 10.6 Å². The van der Waals surface area contributed by atoms with Crippen LogP contribution in [0.5, 0.6) is 0 Å². The van der Waals surface area contributed by atoms with Crippen molar-refractivity contribution in [1.82, 2.24) is 29.6 Å². The van der Waals surface area contributed by atoms with E-state index in [-0.39, 0.29) is 11.6 Å². The minimum atomic E-state index is -0.934. The van der Waals surface area contributed by atoms with Crippen LogP contribution >= 0.6 is 0 Å². The number of H-pyrrole nitrogens is 1. The van der Waals surface area contributed by atoms with E-state index in [4.69, 9.17) is 0 Å². The molecular weight excluding hydrogens is 386 g/mol. The number of aromatic nitrogens is 5. The number of amides is 1. The van der Waals surface area contributed by atoms with E-state index in [0.717, 1.165) is 0 Å². The lowest BCUT2D eigenvalue weighted by molar-refractivity contribution is 0.0600. The quantitative estimate of drug-likeness (QED) is 0.676. The zero-order chi connectivity index (χ0) is 21.5. The largest absolute Gasteiger partial charge is 0.465 e. The number of pyridine rings is 1. The van der Waals surface area contributed by atoms with Crippen LogP contribution in [0.25, 0.3) is 16.9 Å². The van der Waals surface area contributed by atoms with E-state index in [1.165, 1.54) is 15.9 Å². The van der Waals surface area contributed by atoms with Gasteiger partial charge in [0.1, 0.15) is 12.1 Å². The maximum absolute atomic E-state index is 12.8. The molecule has 0 unspecified atom stereocenters. The fourth-order valence-electron chi connectivity index (χ4n) is 3.70. The zero-order valence-corrected chi connectivity index (χ0v) is 17.0. The Bertz CT molecular complexity index is 1110. The summed E-state index contributed by atoms with van der Waals surface area (Å²) in [6.45, 7) is 6.69. The highest BCUT2D eigenvalue weighted by Crippen LogP contribution is 2.27. The van der Waals surface area contributed by atoms with E-state index < -0.39 is 11.6 Å². The van der Waals surface area contributed by atoms with Crippen molar-refractivity contribution in [3.63, 3.8) is 0 Å². The van der Waals surface area contributed by atoms with Gasteiger partial charge in [-0.05, 0) is 26.8 Å². The number of carbonyl (C=O) groups is 1. The predicted octanol–water partition coefficient (Wildman–Crippen LogP) is 1.98. The second-order valence-electron chi connectivity index (χ2n) is 8.19.